The van der Waals surface area contributed by atoms with Gasteiger partial charge in [-0.1, -0.05) is 30.3 Å². The molecule has 3 nitrogen and oxygen atoms in total. The molecule has 0 saturated heterocycles. The standard InChI is InChI=1S/C19H18N2O/c1-3-7-14-13(6-1)11-17-18(14)21-19(22-17)16-10-9-12-5-2-4-8-15(12)20-16/h1,3,6-7,9-10,17-18H,2,4-5,8,11H2/t17-,18+/m1/s1. The van der Waals surface area contributed by atoms with Crippen LogP contribution in [0.1, 0.15) is 47.0 Å². The summed E-state index contributed by atoms with van der Waals surface area (Å²) in [7, 11) is 0. The van der Waals surface area contributed by atoms with Crippen molar-refractivity contribution in [1.82, 2.24) is 4.98 Å². The van der Waals surface area contributed by atoms with Crippen molar-refractivity contribution in [2.24, 2.45) is 4.99 Å². The molecule has 0 amide bonds. The lowest BCUT2D eigenvalue weighted by atomic mass is 9.96. The Morgan fingerprint density at radius 2 is 1.86 bits per heavy atom. The summed E-state index contributed by atoms with van der Waals surface area (Å²) >= 11 is 0. The quantitative estimate of drug-likeness (QED) is 0.806. The van der Waals surface area contributed by atoms with Crippen molar-refractivity contribution in [1.29, 1.82) is 0 Å². The third-order valence-electron chi connectivity index (χ3n) is 5.06. The predicted molar refractivity (Wildman–Crippen MR) is 85.2 cm³/mol. The van der Waals surface area contributed by atoms with Gasteiger partial charge in [-0.05, 0) is 48.4 Å². The molecular formula is C19H18N2O. The van der Waals surface area contributed by atoms with Gasteiger partial charge in [0.25, 0.3) is 0 Å². The number of ether oxygens (including phenoxy) is 1. The minimum atomic E-state index is 0.157. The molecule has 2 heterocycles. The number of fused-ring (bicyclic) bond motifs is 4. The number of rotatable bonds is 1. The molecule has 0 fully saturated rings. The van der Waals surface area contributed by atoms with Crippen LogP contribution in [-0.2, 0) is 24.0 Å². The Kier molecular flexibility index (Phi) is 2.63. The SMILES string of the molecule is c1ccc2c(c1)C[C@H]1OC(c3ccc4c(n3)CCCC4)=N[C@@H]21. The first-order chi connectivity index (χ1) is 10.9. The molecule has 0 radical (unpaired) electrons. The van der Waals surface area contributed by atoms with Crippen molar-refractivity contribution >= 4 is 5.90 Å². The maximum atomic E-state index is 6.13. The van der Waals surface area contributed by atoms with Crippen LogP contribution in [0.3, 0.4) is 0 Å². The zero-order chi connectivity index (χ0) is 14.5. The van der Waals surface area contributed by atoms with E-state index >= 15 is 0 Å². The summed E-state index contributed by atoms with van der Waals surface area (Å²) in [6.45, 7) is 0. The van der Waals surface area contributed by atoms with Crippen LogP contribution in [0.15, 0.2) is 41.4 Å². The maximum Gasteiger partial charge on any atom is 0.236 e. The molecule has 2 aliphatic carbocycles. The van der Waals surface area contributed by atoms with Crippen molar-refractivity contribution in [3.05, 3.63) is 64.5 Å². The summed E-state index contributed by atoms with van der Waals surface area (Å²) < 4.78 is 6.13. The summed E-state index contributed by atoms with van der Waals surface area (Å²) in [6, 6.07) is 13.0. The first kappa shape index (κ1) is 12.4. The van der Waals surface area contributed by atoms with Crippen molar-refractivity contribution in [3.8, 4) is 0 Å². The highest BCUT2D eigenvalue weighted by Crippen LogP contribution is 2.40. The lowest BCUT2D eigenvalue weighted by Crippen LogP contribution is -2.15. The van der Waals surface area contributed by atoms with E-state index in [1.165, 1.54) is 35.2 Å². The van der Waals surface area contributed by atoms with Crippen LogP contribution in [0, 0.1) is 0 Å². The summed E-state index contributed by atoms with van der Waals surface area (Å²) in [5, 5.41) is 0. The fraction of sp³-hybridized carbons (Fsp3) is 0.368. The second-order valence-electron chi connectivity index (χ2n) is 6.45. The van der Waals surface area contributed by atoms with E-state index in [-0.39, 0.29) is 12.1 Å². The van der Waals surface area contributed by atoms with Crippen molar-refractivity contribution < 1.29 is 4.74 Å². The van der Waals surface area contributed by atoms with E-state index in [1.807, 2.05) is 0 Å². The Hall–Kier alpha value is -2.16. The van der Waals surface area contributed by atoms with E-state index in [0.717, 1.165) is 30.9 Å². The Morgan fingerprint density at radius 1 is 0.955 bits per heavy atom. The van der Waals surface area contributed by atoms with E-state index in [4.69, 9.17) is 14.7 Å². The van der Waals surface area contributed by atoms with Crippen LogP contribution in [0.25, 0.3) is 0 Å². The van der Waals surface area contributed by atoms with E-state index < -0.39 is 0 Å². The summed E-state index contributed by atoms with van der Waals surface area (Å²) in [4.78, 5) is 9.67. The maximum absolute atomic E-state index is 6.13. The molecule has 0 bridgehead atoms. The molecule has 110 valence electrons. The summed E-state index contributed by atoms with van der Waals surface area (Å²) in [5.74, 6) is 0.734. The molecule has 5 rings (SSSR count). The highest BCUT2D eigenvalue weighted by atomic mass is 16.5. The van der Waals surface area contributed by atoms with Gasteiger partial charge >= 0.3 is 0 Å². The number of aliphatic imine (C=N–C) groups is 1. The fourth-order valence-electron chi connectivity index (χ4n) is 3.92. The highest BCUT2D eigenvalue weighted by molar-refractivity contribution is 5.94. The van der Waals surface area contributed by atoms with Crippen LogP contribution in [-0.4, -0.2) is 17.0 Å². The molecule has 0 unspecified atom stereocenters. The zero-order valence-electron chi connectivity index (χ0n) is 12.5. The number of aryl methyl sites for hydroxylation is 2. The average Bonchev–Trinajstić information content (AvgIpc) is 3.12. The van der Waals surface area contributed by atoms with Crippen LogP contribution >= 0.6 is 0 Å². The Bertz CT molecular complexity index is 781. The minimum absolute atomic E-state index is 0.157. The van der Waals surface area contributed by atoms with Gasteiger partial charge in [0.15, 0.2) is 0 Å². The van der Waals surface area contributed by atoms with Crippen molar-refractivity contribution in [2.45, 2.75) is 44.2 Å². The smallest absolute Gasteiger partial charge is 0.236 e. The number of pyridine rings is 1. The first-order valence-electron chi connectivity index (χ1n) is 8.20. The lowest BCUT2D eigenvalue weighted by molar-refractivity contribution is 0.206. The summed E-state index contributed by atoms with van der Waals surface area (Å²) in [6.07, 6.45) is 5.90. The van der Waals surface area contributed by atoms with Gasteiger partial charge in [0, 0.05) is 12.1 Å². The van der Waals surface area contributed by atoms with E-state index in [9.17, 15) is 0 Å². The molecule has 0 spiro atoms. The normalized spacial score (nSPS) is 25.0. The molecule has 2 aromatic rings. The molecule has 1 aromatic carbocycles. The van der Waals surface area contributed by atoms with Gasteiger partial charge in [0.2, 0.25) is 5.90 Å². The Balaban J connectivity index is 1.51. The van der Waals surface area contributed by atoms with Gasteiger partial charge in [-0.3, -0.25) is 0 Å². The second kappa shape index (κ2) is 4.67. The van der Waals surface area contributed by atoms with Gasteiger partial charge in [0.05, 0.1) is 0 Å². The molecule has 0 saturated carbocycles. The fourth-order valence-corrected chi connectivity index (χ4v) is 3.92. The van der Waals surface area contributed by atoms with Crippen molar-refractivity contribution in [3.63, 3.8) is 0 Å². The Morgan fingerprint density at radius 3 is 2.86 bits per heavy atom. The molecule has 1 aromatic heterocycles. The highest BCUT2D eigenvalue weighted by Gasteiger charge is 2.39. The van der Waals surface area contributed by atoms with E-state index in [2.05, 4.69) is 36.4 Å². The lowest BCUT2D eigenvalue weighted by Gasteiger charge is -2.15. The van der Waals surface area contributed by atoms with Gasteiger partial charge in [-0.25, -0.2) is 9.98 Å². The number of nitrogens with zero attached hydrogens (tertiary/aromatic N) is 2. The van der Waals surface area contributed by atoms with Crippen LogP contribution < -0.4 is 0 Å². The largest absolute Gasteiger partial charge is 0.470 e. The molecule has 3 heteroatoms. The van der Waals surface area contributed by atoms with Crippen molar-refractivity contribution in [2.75, 3.05) is 0 Å². The van der Waals surface area contributed by atoms with Gasteiger partial charge in [-0.2, -0.15) is 0 Å². The Labute approximate surface area is 130 Å². The zero-order valence-corrected chi connectivity index (χ0v) is 12.5. The molecule has 1 aliphatic heterocycles. The molecule has 0 N–H and O–H groups in total. The number of benzene rings is 1. The predicted octanol–water partition coefficient (Wildman–Crippen LogP) is 3.40. The molecule has 2 atom stereocenters. The second-order valence-corrected chi connectivity index (χ2v) is 6.45. The van der Waals surface area contributed by atoms with Gasteiger partial charge < -0.3 is 4.74 Å². The molecular weight excluding hydrogens is 272 g/mol. The average molecular weight is 290 g/mol. The monoisotopic (exact) mass is 290 g/mol. The van der Waals surface area contributed by atoms with Gasteiger partial charge in [0.1, 0.15) is 17.8 Å². The third-order valence-corrected chi connectivity index (χ3v) is 5.06. The molecule has 22 heavy (non-hydrogen) atoms. The third kappa shape index (κ3) is 1.81. The number of aromatic nitrogens is 1. The van der Waals surface area contributed by atoms with E-state index in [1.54, 1.807) is 0 Å². The number of hydrogen-bond acceptors (Lipinski definition) is 3. The topological polar surface area (TPSA) is 34.5 Å². The van der Waals surface area contributed by atoms with E-state index in [0.29, 0.717) is 0 Å². The minimum Gasteiger partial charge on any atom is -0.470 e. The number of hydrogen-bond donors (Lipinski definition) is 0. The van der Waals surface area contributed by atoms with Crippen LogP contribution in [0.2, 0.25) is 0 Å². The first-order valence-corrected chi connectivity index (χ1v) is 8.20. The molecule has 3 aliphatic rings. The summed E-state index contributed by atoms with van der Waals surface area (Å²) in [5.41, 5.74) is 6.25. The van der Waals surface area contributed by atoms with Crippen LogP contribution in [0.5, 0.6) is 0 Å². The van der Waals surface area contributed by atoms with Crippen LogP contribution in [0.4, 0.5) is 0 Å². The van der Waals surface area contributed by atoms with Gasteiger partial charge in [-0.15, -0.1) is 0 Å².